The molecule has 0 aliphatic rings. The van der Waals surface area contributed by atoms with Gasteiger partial charge in [0.05, 0.1) is 5.25 Å². The first-order valence-corrected chi connectivity index (χ1v) is 9.34. The second-order valence-electron chi connectivity index (χ2n) is 5.61. The van der Waals surface area contributed by atoms with Crippen molar-refractivity contribution in [2.75, 3.05) is 6.54 Å². The molecule has 1 N–H and O–H groups in total. The van der Waals surface area contributed by atoms with Crippen molar-refractivity contribution in [2.24, 2.45) is 7.05 Å². The number of thioether (sulfide) groups is 1. The summed E-state index contributed by atoms with van der Waals surface area (Å²) in [6.45, 7) is 4.00. The van der Waals surface area contributed by atoms with E-state index in [9.17, 15) is 9.59 Å². The summed E-state index contributed by atoms with van der Waals surface area (Å²) in [6.07, 6.45) is 0.611. The molecule has 1 aromatic carbocycles. The standard InChI is InChI=1S/C17H19Cl2N3O2S/c1-10-8-15(23)22(3)17(21-10)25-11(2)16(24)20-7-6-12-4-5-13(18)9-14(12)19/h4-5,8-9,11H,6-7H2,1-3H3,(H,20,24). The normalized spacial score (nSPS) is 12.0. The monoisotopic (exact) mass is 399 g/mol. The molecule has 1 atom stereocenters. The molecule has 1 aromatic heterocycles. The second-order valence-corrected chi connectivity index (χ2v) is 7.77. The number of hydrogen-bond acceptors (Lipinski definition) is 4. The number of aromatic nitrogens is 2. The molecule has 134 valence electrons. The van der Waals surface area contributed by atoms with Gasteiger partial charge in [-0.2, -0.15) is 0 Å². The Labute approximate surface area is 160 Å². The number of hydrogen-bond donors (Lipinski definition) is 1. The van der Waals surface area contributed by atoms with Crippen LogP contribution in [0.15, 0.2) is 34.2 Å². The van der Waals surface area contributed by atoms with Crippen LogP contribution in [0.4, 0.5) is 0 Å². The lowest BCUT2D eigenvalue weighted by Crippen LogP contribution is -2.33. The predicted molar refractivity (Wildman–Crippen MR) is 103 cm³/mol. The number of nitrogens with one attached hydrogen (secondary N) is 1. The molecule has 0 saturated carbocycles. The molecule has 25 heavy (non-hydrogen) atoms. The number of nitrogens with zero attached hydrogens (tertiary/aromatic N) is 2. The third-order valence-corrected chi connectivity index (χ3v) is 5.31. The summed E-state index contributed by atoms with van der Waals surface area (Å²) in [5.41, 5.74) is 1.42. The van der Waals surface area contributed by atoms with E-state index in [2.05, 4.69) is 10.3 Å². The minimum Gasteiger partial charge on any atom is -0.355 e. The highest BCUT2D eigenvalue weighted by molar-refractivity contribution is 8.00. The lowest BCUT2D eigenvalue weighted by atomic mass is 10.1. The Kier molecular flexibility index (Phi) is 6.93. The van der Waals surface area contributed by atoms with Crippen LogP contribution in [0.2, 0.25) is 10.0 Å². The van der Waals surface area contributed by atoms with Crippen molar-refractivity contribution in [3.63, 3.8) is 0 Å². The lowest BCUT2D eigenvalue weighted by molar-refractivity contribution is -0.120. The molecule has 2 aromatic rings. The molecule has 8 heteroatoms. The second kappa shape index (κ2) is 8.74. The Bertz CT molecular complexity index is 839. The van der Waals surface area contributed by atoms with Crippen LogP contribution in [0.3, 0.4) is 0 Å². The van der Waals surface area contributed by atoms with Crippen LogP contribution in [-0.2, 0) is 18.3 Å². The fourth-order valence-electron chi connectivity index (χ4n) is 2.13. The smallest absolute Gasteiger partial charge is 0.254 e. The maximum atomic E-state index is 12.3. The van der Waals surface area contributed by atoms with E-state index < -0.39 is 0 Å². The van der Waals surface area contributed by atoms with Gasteiger partial charge in [0.25, 0.3) is 5.56 Å². The molecular weight excluding hydrogens is 381 g/mol. The largest absolute Gasteiger partial charge is 0.355 e. The number of halogens is 2. The van der Waals surface area contributed by atoms with Crippen LogP contribution in [0, 0.1) is 6.92 Å². The van der Waals surface area contributed by atoms with Gasteiger partial charge in [0, 0.05) is 35.4 Å². The van der Waals surface area contributed by atoms with Gasteiger partial charge in [-0.1, -0.05) is 41.0 Å². The van der Waals surface area contributed by atoms with Crippen molar-refractivity contribution in [1.29, 1.82) is 0 Å². The summed E-state index contributed by atoms with van der Waals surface area (Å²) >= 11 is 13.2. The van der Waals surface area contributed by atoms with Gasteiger partial charge in [0.1, 0.15) is 0 Å². The zero-order chi connectivity index (χ0) is 18.6. The molecular formula is C17H19Cl2N3O2S. The quantitative estimate of drug-likeness (QED) is 0.597. The van der Waals surface area contributed by atoms with Crippen LogP contribution < -0.4 is 10.9 Å². The van der Waals surface area contributed by atoms with Crippen LogP contribution in [0.1, 0.15) is 18.2 Å². The number of rotatable bonds is 6. The first kappa shape index (κ1) is 19.8. The molecule has 0 bridgehead atoms. The van der Waals surface area contributed by atoms with Gasteiger partial charge in [-0.3, -0.25) is 14.2 Å². The average Bonchev–Trinajstić information content (AvgIpc) is 2.54. The van der Waals surface area contributed by atoms with Gasteiger partial charge in [0.15, 0.2) is 5.16 Å². The van der Waals surface area contributed by atoms with Crippen LogP contribution in [-0.4, -0.2) is 27.3 Å². The minimum absolute atomic E-state index is 0.120. The lowest BCUT2D eigenvalue weighted by Gasteiger charge is -2.14. The fourth-order valence-corrected chi connectivity index (χ4v) is 3.59. The molecule has 0 spiro atoms. The summed E-state index contributed by atoms with van der Waals surface area (Å²) < 4.78 is 1.44. The molecule has 0 fully saturated rings. The van der Waals surface area contributed by atoms with E-state index in [1.807, 2.05) is 6.07 Å². The molecule has 1 heterocycles. The number of benzene rings is 1. The van der Waals surface area contributed by atoms with Gasteiger partial charge in [-0.15, -0.1) is 0 Å². The third kappa shape index (κ3) is 5.49. The van der Waals surface area contributed by atoms with Crippen molar-refractivity contribution < 1.29 is 4.79 Å². The van der Waals surface area contributed by atoms with Crippen molar-refractivity contribution in [1.82, 2.24) is 14.9 Å². The number of amides is 1. The zero-order valence-electron chi connectivity index (χ0n) is 14.2. The van der Waals surface area contributed by atoms with Crippen molar-refractivity contribution in [3.05, 3.63) is 55.9 Å². The van der Waals surface area contributed by atoms with E-state index in [-0.39, 0.29) is 16.7 Å². The Morgan fingerprint density at radius 3 is 2.76 bits per heavy atom. The maximum absolute atomic E-state index is 12.3. The molecule has 2 rings (SSSR count). The minimum atomic E-state index is -0.374. The number of aryl methyl sites for hydroxylation is 1. The van der Waals surface area contributed by atoms with E-state index in [0.29, 0.717) is 33.9 Å². The van der Waals surface area contributed by atoms with Crippen LogP contribution in [0.5, 0.6) is 0 Å². The molecule has 0 saturated heterocycles. The maximum Gasteiger partial charge on any atom is 0.254 e. The third-order valence-electron chi connectivity index (χ3n) is 3.58. The van der Waals surface area contributed by atoms with Crippen molar-refractivity contribution >= 4 is 40.9 Å². The van der Waals surface area contributed by atoms with Gasteiger partial charge < -0.3 is 5.32 Å². The Morgan fingerprint density at radius 1 is 1.36 bits per heavy atom. The summed E-state index contributed by atoms with van der Waals surface area (Å²) in [5.74, 6) is -0.120. The van der Waals surface area contributed by atoms with Crippen molar-refractivity contribution in [3.8, 4) is 0 Å². The first-order chi connectivity index (χ1) is 11.8. The topological polar surface area (TPSA) is 64.0 Å². The molecule has 0 aliphatic carbocycles. The average molecular weight is 400 g/mol. The van der Waals surface area contributed by atoms with E-state index in [4.69, 9.17) is 23.2 Å². The van der Waals surface area contributed by atoms with Gasteiger partial charge in [-0.25, -0.2) is 4.98 Å². The highest BCUT2D eigenvalue weighted by atomic mass is 35.5. The number of carbonyl (C=O) groups is 1. The van der Waals surface area contributed by atoms with Crippen LogP contribution >= 0.6 is 35.0 Å². The molecule has 0 radical (unpaired) electrons. The van der Waals surface area contributed by atoms with Gasteiger partial charge in [0.2, 0.25) is 5.91 Å². The van der Waals surface area contributed by atoms with E-state index in [1.54, 1.807) is 33.0 Å². The SMILES string of the molecule is Cc1cc(=O)n(C)c(SC(C)C(=O)NCCc2ccc(Cl)cc2Cl)n1. The van der Waals surface area contributed by atoms with E-state index >= 15 is 0 Å². The molecule has 0 aliphatic heterocycles. The summed E-state index contributed by atoms with van der Waals surface area (Å²) in [7, 11) is 1.64. The molecule has 1 unspecified atom stereocenters. The zero-order valence-corrected chi connectivity index (χ0v) is 16.5. The highest BCUT2D eigenvalue weighted by Gasteiger charge is 2.17. The van der Waals surface area contributed by atoms with E-state index in [0.717, 1.165) is 5.56 Å². The number of carbonyl (C=O) groups excluding carboxylic acids is 1. The molecule has 5 nitrogen and oxygen atoms in total. The summed E-state index contributed by atoms with van der Waals surface area (Å²) in [6, 6.07) is 6.77. The predicted octanol–water partition coefficient (Wildman–Crippen LogP) is 3.24. The fraction of sp³-hybridized carbons (Fsp3) is 0.353. The highest BCUT2D eigenvalue weighted by Crippen LogP contribution is 2.22. The van der Waals surface area contributed by atoms with Gasteiger partial charge in [-0.05, 0) is 38.0 Å². The van der Waals surface area contributed by atoms with Gasteiger partial charge >= 0.3 is 0 Å². The Hall–Kier alpha value is -1.50. The first-order valence-electron chi connectivity index (χ1n) is 7.71. The van der Waals surface area contributed by atoms with Crippen molar-refractivity contribution in [2.45, 2.75) is 30.7 Å². The Morgan fingerprint density at radius 2 is 2.08 bits per heavy atom. The van der Waals surface area contributed by atoms with Crippen LogP contribution in [0.25, 0.3) is 0 Å². The summed E-state index contributed by atoms with van der Waals surface area (Å²) in [5, 5.41) is 4.19. The van der Waals surface area contributed by atoms with E-state index in [1.165, 1.54) is 22.4 Å². The Balaban J connectivity index is 1.91. The summed E-state index contributed by atoms with van der Waals surface area (Å²) in [4.78, 5) is 28.4. The molecule has 1 amide bonds.